The van der Waals surface area contributed by atoms with E-state index in [2.05, 4.69) is 15.1 Å². The predicted octanol–water partition coefficient (Wildman–Crippen LogP) is 1.43. The van der Waals surface area contributed by atoms with Gasteiger partial charge in [-0.05, 0) is 32.9 Å². The Morgan fingerprint density at radius 1 is 1.22 bits per heavy atom. The number of nitrogens with zero attached hydrogens (tertiary/aromatic N) is 5. The van der Waals surface area contributed by atoms with Crippen LogP contribution in [0.25, 0.3) is 11.0 Å². The van der Waals surface area contributed by atoms with Crippen LogP contribution in [-0.2, 0) is 5.54 Å². The number of anilines is 1. The van der Waals surface area contributed by atoms with E-state index in [1.54, 1.807) is 27.9 Å². The van der Waals surface area contributed by atoms with Crippen molar-refractivity contribution >= 4 is 22.9 Å². The zero-order valence-electron chi connectivity index (χ0n) is 15.6. The number of aromatic amines is 1. The molecule has 0 radical (unpaired) electrons. The predicted molar refractivity (Wildman–Crippen MR) is 100.0 cm³/mol. The molecule has 1 N–H and O–H groups in total. The second kappa shape index (κ2) is 6.26. The minimum atomic E-state index is -0.284. The molecule has 4 heterocycles. The van der Waals surface area contributed by atoms with Crippen LogP contribution >= 0.6 is 0 Å². The number of hydrogen-bond acceptors (Lipinski definition) is 6. The summed E-state index contributed by atoms with van der Waals surface area (Å²) in [6.45, 7) is 8.25. The van der Waals surface area contributed by atoms with E-state index in [9.17, 15) is 9.59 Å². The number of furan rings is 1. The molecule has 9 heteroatoms. The average Bonchev–Trinajstić information content (AvgIpc) is 3.30. The van der Waals surface area contributed by atoms with Crippen LogP contribution in [0.1, 0.15) is 31.3 Å². The lowest BCUT2D eigenvalue weighted by Gasteiger charge is -2.34. The molecule has 1 aliphatic rings. The molecule has 27 heavy (non-hydrogen) atoms. The van der Waals surface area contributed by atoms with Gasteiger partial charge >= 0.3 is 0 Å². The standard InChI is InChI=1S/C18H22N6O3/c1-18(2,3)24-14-12(11-19-24)15(25)21-17(20-14)23-8-6-22(7-9-23)16(26)13-5-4-10-27-13/h4-5,10-11H,6-9H2,1-3H3,(H,20,21,25). The van der Waals surface area contributed by atoms with E-state index < -0.39 is 0 Å². The fourth-order valence-corrected chi connectivity index (χ4v) is 3.22. The van der Waals surface area contributed by atoms with Gasteiger partial charge in [0.25, 0.3) is 11.5 Å². The molecule has 1 saturated heterocycles. The zero-order chi connectivity index (χ0) is 19.2. The van der Waals surface area contributed by atoms with Crippen molar-refractivity contribution < 1.29 is 9.21 Å². The van der Waals surface area contributed by atoms with Crippen LogP contribution in [0.5, 0.6) is 0 Å². The van der Waals surface area contributed by atoms with Gasteiger partial charge in [0.2, 0.25) is 5.95 Å². The van der Waals surface area contributed by atoms with E-state index in [1.807, 2.05) is 25.7 Å². The summed E-state index contributed by atoms with van der Waals surface area (Å²) in [6.07, 6.45) is 3.04. The summed E-state index contributed by atoms with van der Waals surface area (Å²) in [5.74, 6) is 0.719. The van der Waals surface area contributed by atoms with Gasteiger partial charge in [0.15, 0.2) is 11.4 Å². The van der Waals surface area contributed by atoms with Crippen molar-refractivity contribution in [3.05, 3.63) is 40.7 Å². The molecule has 0 bridgehead atoms. The van der Waals surface area contributed by atoms with Crippen molar-refractivity contribution in [2.24, 2.45) is 0 Å². The van der Waals surface area contributed by atoms with Crippen molar-refractivity contribution in [2.75, 3.05) is 31.1 Å². The van der Waals surface area contributed by atoms with Crippen LogP contribution in [-0.4, -0.2) is 56.7 Å². The Kier molecular flexibility index (Phi) is 4.01. The molecule has 1 fully saturated rings. The topological polar surface area (TPSA) is 100 Å². The monoisotopic (exact) mass is 370 g/mol. The number of nitrogens with one attached hydrogen (secondary N) is 1. The lowest BCUT2D eigenvalue weighted by Crippen LogP contribution is -2.49. The van der Waals surface area contributed by atoms with Crippen LogP contribution in [0.15, 0.2) is 33.8 Å². The molecular formula is C18H22N6O3. The highest BCUT2D eigenvalue weighted by Gasteiger charge is 2.26. The van der Waals surface area contributed by atoms with E-state index in [0.29, 0.717) is 48.9 Å². The highest BCUT2D eigenvalue weighted by Crippen LogP contribution is 2.20. The maximum absolute atomic E-state index is 12.5. The Morgan fingerprint density at radius 2 is 1.96 bits per heavy atom. The van der Waals surface area contributed by atoms with Crippen molar-refractivity contribution in [3.8, 4) is 0 Å². The summed E-state index contributed by atoms with van der Waals surface area (Å²) in [5.41, 5.74) is 0.0727. The van der Waals surface area contributed by atoms with Crippen LogP contribution in [0.2, 0.25) is 0 Å². The van der Waals surface area contributed by atoms with Crippen molar-refractivity contribution in [3.63, 3.8) is 0 Å². The lowest BCUT2D eigenvalue weighted by molar-refractivity contribution is 0.0714. The molecule has 0 saturated carbocycles. The number of aromatic nitrogens is 4. The Morgan fingerprint density at radius 3 is 2.59 bits per heavy atom. The molecule has 142 valence electrons. The quantitative estimate of drug-likeness (QED) is 0.732. The van der Waals surface area contributed by atoms with Gasteiger partial charge in [0, 0.05) is 26.2 Å². The molecule has 0 spiro atoms. The first-order valence-corrected chi connectivity index (χ1v) is 8.91. The summed E-state index contributed by atoms with van der Waals surface area (Å²) >= 11 is 0. The Bertz CT molecular complexity index is 1020. The van der Waals surface area contributed by atoms with Gasteiger partial charge in [-0.15, -0.1) is 0 Å². The molecular weight excluding hydrogens is 348 g/mol. The first kappa shape index (κ1) is 17.3. The van der Waals surface area contributed by atoms with E-state index in [0.717, 1.165) is 0 Å². The molecule has 3 aromatic heterocycles. The van der Waals surface area contributed by atoms with Crippen LogP contribution in [0.4, 0.5) is 5.95 Å². The maximum atomic E-state index is 12.5. The molecule has 3 aromatic rings. The number of fused-ring (bicyclic) bond motifs is 1. The number of rotatable bonds is 2. The Balaban J connectivity index is 1.57. The van der Waals surface area contributed by atoms with Gasteiger partial charge in [-0.2, -0.15) is 10.1 Å². The largest absolute Gasteiger partial charge is 0.459 e. The fraction of sp³-hybridized carbons (Fsp3) is 0.444. The maximum Gasteiger partial charge on any atom is 0.289 e. The first-order valence-electron chi connectivity index (χ1n) is 8.91. The van der Waals surface area contributed by atoms with E-state index >= 15 is 0 Å². The number of hydrogen-bond donors (Lipinski definition) is 1. The van der Waals surface area contributed by atoms with Crippen molar-refractivity contribution in [1.29, 1.82) is 0 Å². The van der Waals surface area contributed by atoms with Gasteiger partial charge in [0.1, 0.15) is 5.39 Å². The number of piperazine rings is 1. The third kappa shape index (κ3) is 3.09. The fourth-order valence-electron chi connectivity index (χ4n) is 3.22. The molecule has 1 aliphatic heterocycles. The number of carbonyl (C=O) groups excluding carboxylic acids is 1. The summed E-state index contributed by atoms with van der Waals surface area (Å²) < 4.78 is 6.95. The number of carbonyl (C=O) groups is 1. The van der Waals surface area contributed by atoms with Crippen molar-refractivity contribution in [2.45, 2.75) is 26.3 Å². The third-order valence-electron chi connectivity index (χ3n) is 4.66. The summed E-state index contributed by atoms with van der Waals surface area (Å²) in [5, 5.41) is 4.80. The van der Waals surface area contributed by atoms with Gasteiger partial charge in [-0.25, -0.2) is 4.68 Å². The minimum absolute atomic E-state index is 0.123. The smallest absolute Gasteiger partial charge is 0.289 e. The van der Waals surface area contributed by atoms with Crippen LogP contribution in [0.3, 0.4) is 0 Å². The molecule has 0 aromatic carbocycles. The van der Waals surface area contributed by atoms with Crippen LogP contribution in [0, 0.1) is 0 Å². The second-order valence-corrected chi connectivity index (χ2v) is 7.61. The van der Waals surface area contributed by atoms with Crippen LogP contribution < -0.4 is 10.5 Å². The summed E-state index contributed by atoms with van der Waals surface area (Å²) in [6, 6.07) is 3.36. The van der Waals surface area contributed by atoms with E-state index in [1.165, 1.54) is 6.26 Å². The Hall–Kier alpha value is -3.10. The molecule has 9 nitrogen and oxygen atoms in total. The normalized spacial score (nSPS) is 15.5. The van der Waals surface area contributed by atoms with Gasteiger partial charge < -0.3 is 14.2 Å². The first-order chi connectivity index (χ1) is 12.8. The molecule has 0 atom stereocenters. The highest BCUT2D eigenvalue weighted by atomic mass is 16.3. The Labute approximate surface area is 155 Å². The lowest BCUT2D eigenvalue weighted by atomic mass is 10.1. The SMILES string of the molecule is CC(C)(C)n1ncc2c(=O)[nH]c(N3CCN(C(=O)c4ccco4)CC3)nc21. The zero-order valence-corrected chi connectivity index (χ0v) is 15.6. The molecule has 4 rings (SSSR count). The van der Waals surface area contributed by atoms with Gasteiger partial charge in [0.05, 0.1) is 18.0 Å². The van der Waals surface area contributed by atoms with Gasteiger partial charge in [-0.1, -0.05) is 0 Å². The van der Waals surface area contributed by atoms with Gasteiger partial charge in [-0.3, -0.25) is 14.6 Å². The summed E-state index contributed by atoms with van der Waals surface area (Å²) in [7, 11) is 0. The highest BCUT2D eigenvalue weighted by molar-refractivity contribution is 5.91. The summed E-state index contributed by atoms with van der Waals surface area (Å²) in [4.78, 5) is 36.1. The number of H-pyrrole nitrogens is 1. The van der Waals surface area contributed by atoms with E-state index in [4.69, 9.17) is 4.42 Å². The second-order valence-electron chi connectivity index (χ2n) is 7.61. The number of amides is 1. The molecule has 0 aliphatic carbocycles. The molecule has 0 unspecified atom stereocenters. The third-order valence-corrected chi connectivity index (χ3v) is 4.66. The van der Waals surface area contributed by atoms with Crippen molar-refractivity contribution in [1.82, 2.24) is 24.6 Å². The average molecular weight is 370 g/mol. The van der Waals surface area contributed by atoms with E-state index in [-0.39, 0.29) is 17.0 Å². The molecule has 1 amide bonds. The minimum Gasteiger partial charge on any atom is -0.459 e.